The van der Waals surface area contributed by atoms with Crippen molar-refractivity contribution < 1.29 is 14.9 Å². The first-order valence-corrected chi connectivity index (χ1v) is 6.97. The molecule has 1 unspecified atom stereocenters. The van der Waals surface area contributed by atoms with Crippen molar-refractivity contribution >= 4 is 0 Å². The van der Waals surface area contributed by atoms with Crippen LogP contribution in [-0.4, -0.2) is 33.6 Å². The van der Waals surface area contributed by atoms with E-state index in [0.29, 0.717) is 0 Å². The van der Waals surface area contributed by atoms with E-state index in [1.807, 2.05) is 13.8 Å². The molecule has 0 radical (unpaired) electrons. The number of hydrogen-bond donors (Lipinski definition) is 2. The van der Waals surface area contributed by atoms with Gasteiger partial charge in [-0.3, -0.25) is 0 Å². The van der Waals surface area contributed by atoms with E-state index >= 15 is 0 Å². The molecule has 1 saturated carbocycles. The van der Waals surface area contributed by atoms with Crippen LogP contribution in [0.15, 0.2) is 12.2 Å². The summed E-state index contributed by atoms with van der Waals surface area (Å²) in [6.07, 6.45) is 3.63. The van der Waals surface area contributed by atoms with Crippen LogP contribution in [0.3, 0.4) is 0 Å². The molecule has 0 aromatic rings. The van der Waals surface area contributed by atoms with Gasteiger partial charge in [0.1, 0.15) is 0 Å². The summed E-state index contributed by atoms with van der Waals surface area (Å²) in [4.78, 5) is 0. The van der Waals surface area contributed by atoms with Crippen LogP contribution >= 0.6 is 0 Å². The second-order valence-electron chi connectivity index (χ2n) is 6.82. The summed E-state index contributed by atoms with van der Waals surface area (Å²) in [7, 11) is 0. The van der Waals surface area contributed by atoms with Crippen molar-refractivity contribution in [3.05, 3.63) is 12.2 Å². The van der Waals surface area contributed by atoms with Crippen molar-refractivity contribution in [1.82, 2.24) is 0 Å². The predicted molar refractivity (Wildman–Crippen MR) is 71.3 cm³/mol. The molecule has 0 aromatic carbocycles. The van der Waals surface area contributed by atoms with Crippen LogP contribution in [0.4, 0.5) is 0 Å². The summed E-state index contributed by atoms with van der Waals surface area (Å²) in [5.74, 6) is 0.258. The molecule has 0 amide bonds. The molecular weight excluding hydrogens is 228 g/mol. The van der Waals surface area contributed by atoms with Gasteiger partial charge in [-0.1, -0.05) is 6.58 Å². The third-order valence-electron chi connectivity index (χ3n) is 4.65. The van der Waals surface area contributed by atoms with E-state index in [1.54, 1.807) is 0 Å². The topological polar surface area (TPSA) is 49.7 Å². The number of hydrogen-bond acceptors (Lipinski definition) is 3. The lowest BCUT2D eigenvalue weighted by Crippen LogP contribution is -2.52. The minimum atomic E-state index is -0.492. The Kier molecular flexibility index (Phi) is 3.60. The molecule has 1 aliphatic carbocycles. The van der Waals surface area contributed by atoms with E-state index in [9.17, 15) is 10.2 Å². The quantitative estimate of drug-likeness (QED) is 0.744. The summed E-state index contributed by atoms with van der Waals surface area (Å²) in [6, 6.07) is 0. The maximum atomic E-state index is 10.1. The molecule has 0 aromatic heterocycles. The lowest BCUT2D eigenvalue weighted by molar-refractivity contribution is -0.221. The number of ether oxygens (including phenoxy) is 1. The molecule has 1 aliphatic heterocycles. The fourth-order valence-electron chi connectivity index (χ4n) is 3.47. The molecule has 3 heteroatoms. The van der Waals surface area contributed by atoms with Gasteiger partial charge >= 0.3 is 0 Å². The van der Waals surface area contributed by atoms with Gasteiger partial charge in [-0.05, 0) is 64.4 Å². The molecule has 0 spiro atoms. The number of rotatable bonds is 2. The molecular formula is C15H26O3. The van der Waals surface area contributed by atoms with Gasteiger partial charge < -0.3 is 14.9 Å². The third kappa shape index (κ3) is 2.63. The third-order valence-corrected chi connectivity index (χ3v) is 4.65. The van der Waals surface area contributed by atoms with Crippen molar-refractivity contribution in [3.63, 3.8) is 0 Å². The van der Waals surface area contributed by atoms with Gasteiger partial charge in [0.05, 0.1) is 23.4 Å². The first-order chi connectivity index (χ1) is 8.23. The zero-order valence-electron chi connectivity index (χ0n) is 11.8. The first kappa shape index (κ1) is 14.0. The highest BCUT2D eigenvalue weighted by Gasteiger charge is 2.45. The van der Waals surface area contributed by atoms with E-state index in [1.165, 1.54) is 0 Å². The standard InChI is InChI=1S/C15H26O3/c1-10-5-6-11(13(10)17)9-15(4)8-7-12(16)14(2,3)18-15/h11-13,16-17H,1,5-9H2,2-4H3/t11-,12-,13+,15?/m1/s1. The Bertz CT molecular complexity index is 337. The fourth-order valence-corrected chi connectivity index (χ4v) is 3.47. The predicted octanol–water partition coefficient (Wildman–Crippen LogP) is 2.41. The Hall–Kier alpha value is -0.380. The van der Waals surface area contributed by atoms with Gasteiger partial charge in [0.2, 0.25) is 0 Å². The van der Waals surface area contributed by atoms with Crippen molar-refractivity contribution in [2.75, 3.05) is 0 Å². The summed E-state index contributed by atoms with van der Waals surface area (Å²) in [5.41, 5.74) is 0.228. The van der Waals surface area contributed by atoms with Gasteiger partial charge in [0.15, 0.2) is 0 Å². The zero-order valence-corrected chi connectivity index (χ0v) is 11.8. The Morgan fingerprint density at radius 1 is 1.28 bits per heavy atom. The first-order valence-electron chi connectivity index (χ1n) is 6.97. The molecule has 2 aliphatic rings. The largest absolute Gasteiger partial charge is 0.390 e. The molecule has 2 fully saturated rings. The van der Waals surface area contributed by atoms with Crippen LogP contribution in [0.5, 0.6) is 0 Å². The molecule has 3 nitrogen and oxygen atoms in total. The van der Waals surface area contributed by atoms with E-state index < -0.39 is 11.7 Å². The number of aliphatic hydroxyl groups is 2. The second kappa shape index (κ2) is 4.62. The average molecular weight is 254 g/mol. The van der Waals surface area contributed by atoms with E-state index in [-0.39, 0.29) is 17.6 Å². The second-order valence-corrected chi connectivity index (χ2v) is 6.82. The van der Waals surface area contributed by atoms with Crippen molar-refractivity contribution in [2.45, 2.75) is 76.3 Å². The molecule has 1 heterocycles. The highest BCUT2D eigenvalue weighted by molar-refractivity contribution is 5.11. The van der Waals surface area contributed by atoms with Gasteiger partial charge in [0.25, 0.3) is 0 Å². The zero-order chi connectivity index (χ0) is 13.6. The lowest BCUT2D eigenvalue weighted by atomic mass is 9.80. The number of aliphatic hydroxyl groups excluding tert-OH is 2. The summed E-state index contributed by atoms with van der Waals surface area (Å²) < 4.78 is 6.13. The van der Waals surface area contributed by atoms with Crippen LogP contribution in [0.1, 0.15) is 52.9 Å². The smallest absolute Gasteiger partial charge is 0.0891 e. The average Bonchev–Trinajstić information content (AvgIpc) is 2.55. The molecule has 2 rings (SSSR count). The van der Waals surface area contributed by atoms with Crippen molar-refractivity contribution in [1.29, 1.82) is 0 Å². The maximum Gasteiger partial charge on any atom is 0.0891 e. The summed E-state index contributed by atoms with van der Waals surface area (Å²) in [6.45, 7) is 9.90. The normalized spacial score (nSPS) is 44.3. The van der Waals surface area contributed by atoms with Crippen molar-refractivity contribution in [2.24, 2.45) is 5.92 Å². The van der Waals surface area contributed by atoms with Crippen LogP contribution in [0, 0.1) is 5.92 Å². The lowest BCUT2D eigenvalue weighted by Gasteiger charge is -2.47. The molecule has 1 saturated heterocycles. The van der Waals surface area contributed by atoms with E-state index in [0.717, 1.165) is 37.7 Å². The minimum Gasteiger partial charge on any atom is -0.390 e. The van der Waals surface area contributed by atoms with Gasteiger partial charge in [-0.25, -0.2) is 0 Å². The minimum absolute atomic E-state index is 0.237. The molecule has 4 atom stereocenters. The maximum absolute atomic E-state index is 10.1. The molecule has 2 N–H and O–H groups in total. The van der Waals surface area contributed by atoms with Crippen LogP contribution < -0.4 is 0 Å². The van der Waals surface area contributed by atoms with Crippen LogP contribution in [0.2, 0.25) is 0 Å². The summed E-state index contributed by atoms with van der Waals surface area (Å²) in [5, 5.41) is 20.0. The fraction of sp³-hybridized carbons (Fsp3) is 0.867. The van der Waals surface area contributed by atoms with Gasteiger partial charge in [0, 0.05) is 0 Å². The molecule has 0 bridgehead atoms. The summed E-state index contributed by atoms with van der Waals surface area (Å²) >= 11 is 0. The van der Waals surface area contributed by atoms with E-state index in [2.05, 4.69) is 13.5 Å². The monoisotopic (exact) mass is 254 g/mol. The van der Waals surface area contributed by atoms with Crippen LogP contribution in [-0.2, 0) is 4.74 Å². The highest BCUT2D eigenvalue weighted by atomic mass is 16.5. The van der Waals surface area contributed by atoms with Crippen LogP contribution in [0.25, 0.3) is 0 Å². The Labute approximate surface area is 110 Å². The Morgan fingerprint density at radius 2 is 1.94 bits per heavy atom. The highest BCUT2D eigenvalue weighted by Crippen LogP contribution is 2.43. The van der Waals surface area contributed by atoms with Crippen molar-refractivity contribution in [3.8, 4) is 0 Å². The van der Waals surface area contributed by atoms with Gasteiger partial charge in [-0.15, -0.1) is 0 Å². The SMILES string of the molecule is C=C1CC[C@H](CC2(C)CC[C@@H](O)C(C)(C)O2)[C@H]1O. The van der Waals surface area contributed by atoms with Gasteiger partial charge in [-0.2, -0.15) is 0 Å². The Balaban J connectivity index is 2.02. The Morgan fingerprint density at radius 3 is 2.44 bits per heavy atom. The molecule has 104 valence electrons. The van der Waals surface area contributed by atoms with E-state index in [4.69, 9.17) is 4.74 Å². The molecule has 18 heavy (non-hydrogen) atoms.